The fourth-order valence-electron chi connectivity index (χ4n) is 2.79. The first-order valence-corrected chi connectivity index (χ1v) is 8.54. The number of carboxylic acid groups (broad SMARTS) is 1. The van der Waals surface area contributed by atoms with Crippen LogP contribution in [0.15, 0.2) is 54.6 Å². The highest BCUT2D eigenvalue weighted by atomic mass is 19.4. The van der Waals surface area contributed by atoms with Crippen LogP contribution in [0.1, 0.15) is 24.5 Å². The lowest BCUT2D eigenvalue weighted by Gasteiger charge is -2.30. The Labute approximate surface area is 160 Å². The summed E-state index contributed by atoms with van der Waals surface area (Å²) in [5, 5.41) is 12.3. The van der Waals surface area contributed by atoms with Gasteiger partial charge >= 0.3 is 12.1 Å². The number of ether oxygens (including phenoxy) is 1. The van der Waals surface area contributed by atoms with Crippen LogP contribution in [0.2, 0.25) is 0 Å². The molecule has 0 spiro atoms. The van der Waals surface area contributed by atoms with Gasteiger partial charge in [-0.3, -0.25) is 4.79 Å². The third-order valence-corrected chi connectivity index (χ3v) is 4.18. The maximum absolute atomic E-state index is 12.5. The Balaban J connectivity index is 2.14. The minimum atomic E-state index is -4.47. The molecule has 0 aromatic heterocycles. The summed E-state index contributed by atoms with van der Waals surface area (Å²) in [5.74, 6) is -1.79. The molecule has 0 bridgehead atoms. The summed E-state index contributed by atoms with van der Waals surface area (Å²) in [4.78, 5) is 24.4. The summed E-state index contributed by atoms with van der Waals surface area (Å²) < 4.78 is 41.5. The molecule has 1 unspecified atom stereocenters. The van der Waals surface area contributed by atoms with E-state index in [9.17, 15) is 27.9 Å². The number of carbonyl (C=O) groups excluding carboxylic acids is 1. The standard InChI is InChI=1S/C20H20F3NO4/c1-2-19(18(26)27,15-8-4-3-5-9-15)24-17(25)12-14-7-6-10-16(11-14)28-13-20(21,22)23/h3-11H,2,12-13H2,1H3,(H,24,25)(H,26,27). The molecule has 5 nitrogen and oxygen atoms in total. The van der Waals surface area contributed by atoms with Gasteiger partial charge in [-0.25, -0.2) is 4.79 Å². The predicted octanol–water partition coefficient (Wildman–Crippen LogP) is 3.68. The fraction of sp³-hybridized carbons (Fsp3) is 0.300. The van der Waals surface area contributed by atoms with Crippen LogP contribution in [0.5, 0.6) is 5.75 Å². The number of carbonyl (C=O) groups is 2. The second-order valence-corrected chi connectivity index (χ2v) is 6.21. The van der Waals surface area contributed by atoms with Crippen molar-refractivity contribution in [3.63, 3.8) is 0 Å². The van der Waals surface area contributed by atoms with Gasteiger partial charge in [0.2, 0.25) is 5.91 Å². The van der Waals surface area contributed by atoms with E-state index in [2.05, 4.69) is 10.1 Å². The molecule has 28 heavy (non-hydrogen) atoms. The van der Waals surface area contributed by atoms with Crippen molar-refractivity contribution in [2.45, 2.75) is 31.5 Å². The number of benzene rings is 2. The molecule has 2 aromatic rings. The molecule has 0 aliphatic carbocycles. The topological polar surface area (TPSA) is 75.6 Å². The second-order valence-electron chi connectivity index (χ2n) is 6.21. The van der Waals surface area contributed by atoms with E-state index in [1.807, 2.05) is 0 Å². The Hall–Kier alpha value is -3.03. The normalized spacial score (nSPS) is 13.4. The first-order valence-electron chi connectivity index (χ1n) is 8.54. The molecular formula is C20H20F3NO4. The first kappa shape index (κ1) is 21.3. The Bertz CT molecular complexity index is 824. The lowest BCUT2D eigenvalue weighted by Crippen LogP contribution is -2.52. The van der Waals surface area contributed by atoms with Crippen LogP contribution < -0.4 is 10.1 Å². The third kappa shape index (κ3) is 5.48. The van der Waals surface area contributed by atoms with Crippen molar-refractivity contribution in [3.8, 4) is 5.75 Å². The predicted molar refractivity (Wildman–Crippen MR) is 95.9 cm³/mol. The number of nitrogens with one attached hydrogen (secondary N) is 1. The smallest absolute Gasteiger partial charge is 0.422 e. The SMILES string of the molecule is CCC(NC(=O)Cc1cccc(OCC(F)(F)F)c1)(C(=O)O)c1ccccc1. The molecule has 0 fully saturated rings. The van der Waals surface area contributed by atoms with Crippen molar-refractivity contribution < 1.29 is 32.6 Å². The molecule has 0 radical (unpaired) electrons. The summed E-state index contributed by atoms with van der Waals surface area (Å²) in [7, 11) is 0. The van der Waals surface area contributed by atoms with E-state index in [4.69, 9.17) is 0 Å². The van der Waals surface area contributed by atoms with Crippen LogP contribution in [0.3, 0.4) is 0 Å². The van der Waals surface area contributed by atoms with Crippen molar-refractivity contribution in [1.29, 1.82) is 0 Å². The Morgan fingerprint density at radius 1 is 1.07 bits per heavy atom. The maximum atomic E-state index is 12.5. The van der Waals surface area contributed by atoms with Crippen LogP contribution >= 0.6 is 0 Å². The zero-order valence-corrected chi connectivity index (χ0v) is 15.1. The molecule has 1 atom stereocenters. The van der Waals surface area contributed by atoms with Crippen molar-refractivity contribution in [1.82, 2.24) is 5.32 Å². The largest absolute Gasteiger partial charge is 0.484 e. The Morgan fingerprint density at radius 3 is 2.32 bits per heavy atom. The summed E-state index contributed by atoms with van der Waals surface area (Å²) >= 11 is 0. The van der Waals surface area contributed by atoms with Gasteiger partial charge < -0.3 is 15.2 Å². The zero-order valence-electron chi connectivity index (χ0n) is 15.1. The average Bonchev–Trinajstić information content (AvgIpc) is 2.64. The van der Waals surface area contributed by atoms with E-state index in [0.29, 0.717) is 11.1 Å². The summed E-state index contributed by atoms with van der Waals surface area (Å²) in [6, 6.07) is 14.0. The number of halogens is 3. The van der Waals surface area contributed by atoms with E-state index in [1.54, 1.807) is 43.3 Å². The van der Waals surface area contributed by atoms with Crippen LogP contribution in [-0.2, 0) is 21.5 Å². The van der Waals surface area contributed by atoms with Crippen molar-refractivity contribution in [2.24, 2.45) is 0 Å². The lowest BCUT2D eigenvalue weighted by atomic mass is 9.87. The number of aliphatic carboxylic acids is 1. The Morgan fingerprint density at radius 2 is 1.75 bits per heavy atom. The minimum absolute atomic E-state index is 0.0225. The van der Waals surface area contributed by atoms with Gasteiger partial charge in [0.15, 0.2) is 12.1 Å². The van der Waals surface area contributed by atoms with Gasteiger partial charge in [-0.05, 0) is 29.7 Å². The molecule has 2 N–H and O–H groups in total. The van der Waals surface area contributed by atoms with Gasteiger partial charge in [-0.1, -0.05) is 49.4 Å². The van der Waals surface area contributed by atoms with Crippen molar-refractivity contribution in [2.75, 3.05) is 6.61 Å². The van der Waals surface area contributed by atoms with Crippen LogP contribution in [0, 0.1) is 0 Å². The highest BCUT2D eigenvalue weighted by molar-refractivity contribution is 5.89. The number of hydrogen-bond donors (Lipinski definition) is 2. The van der Waals surface area contributed by atoms with Gasteiger partial charge in [0.05, 0.1) is 6.42 Å². The molecule has 0 aliphatic heterocycles. The third-order valence-electron chi connectivity index (χ3n) is 4.18. The Kier molecular flexibility index (Phi) is 6.66. The van der Waals surface area contributed by atoms with E-state index < -0.39 is 30.2 Å². The number of alkyl halides is 3. The highest BCUT2D eigenvalue weighted by Crippen LogP contribution is 2.26. The number of hydrogen-bond acceptors (Lipinski definition) is 3. The fourth-order valence-corrected chi connectivity index (χ4v) is 2.79. The molecule has 2 aromatic carbocycles. The van der Waals surface area contributed by atoms with Gasteiger partial charge in [0.25, 0.3) is 0 Å². The molecule has 0 aliphatic rings. The van der Waals surface area contributed by atoms with E-state index in [1.165, 1.54) is 18.2 Å². The monoisotopic (exact) mass is 395 g/mol. The average molecular weight is 395 g/mol. The van der Waals surface area contributed by atoms with Gasteiger partial charge in [-0.2, -0.15) is 13.2 Å². The van der Waals surface area contributed by atoms with Gasteiger partial charge in [-0.15, -0.1) is 0 Å². The zero-order chi connectivity index (χ0) is 20.8. The molecule has 0 saturated carbocycles. The summed E-state index contributed by atoms with van der Waals surface area (Å²) in [5.41, 5.74) is -0.760. The van der Waals surface area contributed by atoms with Crippen LogP contribution in [-0.4, -0.2) is 29.8 Å². The van der Waals surface area contributed by atoms with E-state index in [-0.39, 0.29) is 18.6 Å². The molecule has 1 amide bonds. The molecule has 0 heterocycles. The number of amides is 1. The van der Waals surface area contributed by atoms with E-state index >= 15 is 0 Å². The van der Waals surface area contributed by atoms with Gasteiger partial charge in [0, 0.05) is 0 Å². The quantitative estimate of drug-likeness (QED) is 0.715. The van der Waals surface area contributed by atoms with Gasteiger partial charge in [0.1, 0.15) is 5.75 Å². The first-order chi connectivity index (χ1) is 13.2. The molecule has 150 valence electrons. The molecule has 8 heteroatoms. The number of rotatable bonds is 8. The number of carboxylic acids is 1. The van der Waals surface area contributed by atoms with E-state index in [0.717, 1.165) is 0 Å². The molecular weight excluding hydrogens is 375 g/mol. The molecule has 0 saturated heterocycles. The highest BCUT2D eigenvalue weighted by Gasteiger charge is 2.40. The van der Waals surface area contributed by atoms with Crippen LogP contribution in [0.4, 0.5) is 13.2 Å². The van der Waals surface area contributed by atoms with Crippen molar-refractivity contribution in [3.05, 3.63) is 65.7 Å². The maximum Gasteiger partial charge on any atom is 0.422 e. The van der Waals surface area contributed by atoms with Crippen molar-refractivity contribution >= 4 is 11.9 Å². The van der Waals surface area contributed by atoms with Crippen LogP contribution in [0.25, 0.3) is 0 Å². The minimum Gasteiger partial charge on any atom is -0.484 e. The molecule has 2 rings (SSSR count). The summed E-state index contributed by atoms with van der Waals surface area (Å²) in [6.07, 6.45) is -4.55. The summed E-state index contributed by atoms with van der Waals surface area (Å²) in [6.45, 7) is 0.210. The lowest BCUT2D eigenvalue weighted by molar-refractivity contribution is -0.153. The second kappa shape index (κ2) is 8.77.